The Morgan fingerprint density at radius 2 is 0.781 bits per heavy atom. The van der Waals surface area contributed by atoms with Gasteiger partial charge in [0.1, 0.15) is 11.5 Å². The summed E-state index contributed by atoms with van der Waals surface area (Å²) in [5.74, 6) is 1.36. The van der Waals surface area contributed by atoms with Crippen molar-refractivity contribution in [3.05, 3.63) is 303 Å². The average molecular weight is 1570 g/mol. The van der Waals surface area contributed by atoms with Gasteiger partial charge in [-0.1, -0.05) is 83.5 Å². The van der Waals surface area contributed by atoms with Gasteiger partial charge in [-0.05, 0) is 175 Å². The van der Waals surface area contributed by atoms with Crippen molar-refractivity contribution in [2.45, 2.75) is 78.9 Å². The molecule has 0 atom stereocenters. The number of nitrogens with one attached hydrogen (secondary N) is 1. The van der Waals surface area contributed by atoms with E-state index < -0.39 is 65.3 Å². The van der Waals surface area contributed by atoms with Crippen molar-refractivity contribution in [1.29, 1.82) is 0 Å². The first-order valence-corrected chi connectivity index (χ1v) is 36.8. The molecule has 11 aromatic rings. The largest absolute Gasteiger partial charge is 0.497 e. The maximum Gasteiger partial charge on any atom is 0.417 e. The lowest BCUT2D eigenvalue weighted by Crippen LogP contribution is -2.26. The minimum Gasteiger partial charge on any atom is -0.497 e. The van der Waals surface area contributed by atoms with Crippen LogP contribution in [0.1, 0.15) is 74.2 Å². The van der Waals surface area contributed by atoms with Crippen LogP contribution in [0.25, 0.3) is 22.5 Å². The second kappa shape index (κ2) is 35.8. The minimum atomic E-state index is -4.47. The van der Waals surface area contributed by atoms with Crippen molar-refractivity contribution in [3.8, 4) is 34.0 Å². The van der Waals surface area contributed by atoms with Gasteiger partial charge < -0.3 is 9.47 Å². The highest BCUT2D eigenvalue weighted by molar-refractivity contribution is 9.10. The molecule has 0 unspecified atom stereocenters. The van der Waals surface area contributed by atoms with Crippen molar-refractivity contribution in [3.63, 3.8) is 0 Å². The van der Waals surface area contributed by atoms with Crippen LogP contribution in [0.2, 0.25) is 0 Å². The Labute approximate surface area is 611 Å². The zero-order valence-corrected chi connectivity index (χ0v) is 61.1. The molecule has 11 rings (SSSR count). The lowest BCUT2D eigenvalue weighted by Gasteiger charge is -2.19. The number of methoxy groups -OCH3 is 2. The van der Waals surface area contributed by atoms with Gasteiger partial charge in [-0.2, -0.15) is 48.1 Å². The van der Waals surface area contributed by atoms with Gasteiger partial charge in [0, 0.05) is 122 Å². The molecular weight excluding hydrogens is 1500 g/mol. The Kier molecular flexibility index (Phi) is 27.6. The summed E-state index contributed by atoms with van der Waals surface area (Å²) in [7, 11) is -3.85. The van der Waals surface area contributed by atoms with Gasteiger partial charge in [-0.3, -0.25) is 29.9 Å². The predicted octanol–water partition coefficient (Wildman–Crippen LogP) is 16.2. The molecule has 0 aliphatic carbocycles. The summed E-state index contributed by atoms with van der Waals surface area (Å²) in [6.45, 7) is 2.44. The number of sulfonamides is 3. The van der Waals surface area contributed by atoms with Crippen molar-refractivity contribution in [2.75, 3.05) is 35.4 Å². The van der Waals surface area contributed by atoms with E-state index in [0.717, 1.165) is 60.0 Å². The van der Waals surface area contributed by atoms with Crippen LogP contribution in [0.15, 0.2) is 250 Å². The first kappa shape index (κ1) is 80.9. The lowest BCUT2D eigenvalue weighted by molar-refractivity contribution is -0.138. The Balaban J connectivity index is 0.000000190. The Hall–Kier alpha value is -9.82. The molecule has 1 N–H and O–H groups in total. The molecule has 30 heteroatoms. The molecule has 17 nitrogen and oxygen atoms in total. The summed E-state index contributed by atoms with van der Waals surface area (Å²) >= 11 is 3.37. The fourth-order valence-corrected chi connectivity index (χ4v) is 13.8. The van der Waals surface area contributed by atoms with E-state index in [9.17, 15) is 64.8 Å². The molecule has 0 bridgehead atoms. The van der Waals surface area contributed by atoms with Crippen molar-refractivity contribution in [2.24, 2.45) is 0 Å². The summed E-state index contributed by atoms with van der Waals surface area (Å²) in [6, 6.07) is 51.4. The number of hydrogen-bond acceptors (Lipinski definition) is 14. The normalized spacial score (nSPS) is 11.9. The predicted molar refractivity (Wildman–Crippen MR) is 383 cm³/mol. The van der Waals surface area contributed by atoms with E-state index in [2.05, 4.69) is 57.5 Å². The molecule has 0 amide bonds. The van der Waals surface area contributed by atoms with Gasteiger partial charge in [0.25, 0.3) is 0 Å². The van der Waals surface area contributed by atoms with Gasteiger partial charge in [-0.25, -0.2) is 30.0 Å². The molecule has 6 heterocycles. The number of alkyl halides is 9. The summed E-state index contributed by atoms with van der Waals surface area (Å²) in [6.07, 6.45) is -4.31. The molecule has 0 aliphatic heterocycles. The number of aryl methyl sites for hydroxylation is 1. The van der Waals surface area contributed by atoms with Crippen LogP contribution in [0, 0.1) is 0 Å². The average Bonchev–Trinajstić information content (AvgIpc) is 0.801. The summed E-state index contributed by atoms with van der Waals surface area (Å²) in [5.41, 5.74) is 5.86. The molecule has 5 aromatic carbocycles. The molecule has 0 aliphatic rings. The highest BCUT2D eigenvalue weighted by Gasteiger charge is 2.33. The topological polar surface area (TPSA) is 217 Å². The molecule has 0 fully saturated rings. The smallest absolute Gasteiger partial charge is 0.417 e. The first-order valence-electron chi connectivity index (χ1n) is 31.7. The highest BCUT2D eigenvalue weighted by atomic mass is 79.9. The zero-order valence-electron chi connectivity index (χ0n) is 57.0. The van der Waals surface area contributed by atoms with Crippen LogP contribution >= 0.6 is 15.9 Å². The standard InChI is InChI=1S/C27H24F3N3O3S.C22H20BrF3N2O3S.C19H16F3N3O2S.C7H9N/c1-33(18-19-6-11-23(36-2)12-7-19)37(34,35)24-13-8-20(25(16-24)26-5-3-4-14-31-26)15-22-10-9-21(17-32-22)27(28,29)30;1-28(14-15-3-8-19(31-2)9-4-15)32(29,30)20-10-5-16(21(23)12-20)11-18-7-6-17(13-27-18)22(24,25)26;1-23-28(26,27)16-8-5-13(17(11-16)18-4-2-3-9-24-18)10-15-7-6-14(12-25-15)19(20,21)22;1-2-7-5-3-4-6-8-7/h3-14,16-17H,15,18H2,1-2H3;3-10,12-13H,11,14H2,1-2H3;2-9,11-12,23H,10H2,1H3;3-6H,2H2,1H3. The molecule has 0 radical (unpaired) electrons. The van der Waals surface area contributed by atoms with Crippen LogP contribution in [-0.2, 0) is 87.4 Å². The van der Waals surface area contributed by atoms with Crippen LogP contribution in [0.5, 0.6) is 11.5 Å². The Morgan fingerprint density at radius 1 is 0.419 bits per heavy atom. The van der Waals surface area contributed by atoms with E-state index in [1.54, 1.807) is 136 Å². The molecule has 0 spiro atoms. The number of hydrogen-bond donors (Lipinski definition) is 1. The van der Waals surface area contributed by atoms with E-state index in [-0.39, 0.29) is 47.0 Å². The Bertz CT molecular complexity index is 5010. The quantitative estimate of drug-likeness (QED) is 0.0662. The van der Waals surface area contributed by atoms with Gasteiger partial charge in [0.05, 0.1) is 57.0 Å². The number of aromatic nitrogens is 6. The third kappa shape index (κ3) is 22.6. The first-order chi connectivity index (χ1) is 49.7. The van der Waals surface area contributed by atoms with Gasteiger partial charge >= 0.3 is 18.5 Å². The van der Waals surface area contributed by atoms with Crippen LogP contribution in [0.3, 0.4) is 0 Å². The maximum atomic E-state index is 13.4. The van der Waals surface area contributed by atoms with E-state index in [1.165, 1.54) is 78.3 Å². The molecule has 105 heavy (non-hydrogen) atoms. The summed E-state index contributed by atoms with van der Waals surface area (Å²) < 4.78 is 208. The van der Waals surface area contributed by atoms with Gasteiger partial charge in [-0.15, -0.1) is 0 Å². The number of benzene rings is 5. The van der Waals surface area contributed by atoms with E-state index in [4.69, 9.17) is 9.47 Å². The third-order valence-corrected chi connectivity index (χ3v) is 21.6. The number of ether oxygens (including phenoxy) is 2. The third-order valence-electron chi connectivity index (χ3n) is 15.9. The number of pyridine rings is 6. The molecule has 0 saturated carbocycles. The number of nitrogens with zero attached hydrogens (tertiary/aromatic N) is 8. The fraction of sp³-hybridized carbons (Fsp3) is 0.200. The molecule has 550 valence electrons. The van der Waals surface area contributed by atoms with E-state index in [1.807, 2.05) is 24.4 Å². The van der Waals surface area contributed by atoms with Crippen molar-refractivity contribution in [1.82, 2.24) is 43.2 Å². The van der Waals surface area contributed by atoms with Crippen molar-refractivity contribution >= 4 is 46.0 Å². The number of halogens is 10. The number of rotatable bonds is 21. The summed E-state index contributed by atoms with van der Waals surface area (Å²) in [5, 5.41) is 0. The van der Waals surface area contributed by atoms with Crippen LogP contribution in [-0.4, -0.2) is 99.1 Å². The Morgan fingerprint density at radius 3 is 1.10 bits per heavy atom. The zero-order chi connectivity index (χ0) is 76.3. The minimum absolute atomic E-state index is 0.0692. The van der Waals surface area contributed by atoms with Crippen LogP contribution < -0.4 is 14.2 Å². The van der Waals surface area contributed by atoms with Crippen LogP contribution in [0.4, 0.5) is 39.5 Å². The summed E-state index contributed by atoms with van der Waals surface area (Å²) in [4.78, 5) is 24.7. The second-order valence-electron chi connectivity index (χ2n) is 23.1. The van der Waals surface area contributed by atoms with E-state index >= 15 is 0 Å². The molecule has 6 aromatic heterocycles. The monoisotopic (exact) mass is 1570 g/mol. The SMILES string of the molecule is CCc1ccccn1.CNS(=O)(=O)c1ccc(Cc2ccc(C(F)(F)F)cn2)c(-c2ccccn2)c1.COc1ccc(CN(C)S(=O)(=O)c2ccc(Cc3ccc(C(F)(F)F)cn3)c(-c3ccccn3)c2)cc1.COc1ccc(CN(C)S(=O)(=O)c2ccc(Cc3ccc(C(F)(F)F)cn3)c(Br)c2)cc1. The van der Waals surface area contributed by atoms with Gasteiger partial charge in [0.2, 0.25) is 30.1 Å². The van der Waals surface area contributed by atoms with E-state index in [0.29, 0.717) is 72.3 Å². The van der Waals surface area contributed by atoms with Gasteiger partial charge in [0.15, 0.2) is 0 Å². The molecular formula is C75H69BrF9N9O8S3. The highest BCUT2D eigenvalue weighted by Crippen LogP contribution is 2.35. The fourth-order valence-electron chi connectivity index (χ4n) is 10.0. The lowest BCUT2D eigenvalue weighted by atomic mass is 9.99. The second-order valence-corrected chi connectivity index (χ2v) is 29.9. The maximum absolute atomic E-state index is 13.4. The van der Waals surface area contributed by atoms with Crippen molar-refractivity contribution < 1.29 is 74.2 Å². The molecule has 0 saturated heterocycles.